The molecule has 0 saturated carbocycles. The van der Waals surface area contributed by atoms with Crippen LogP contribution in [0.1, 0.15) is 30.4 Å². The first-order valence-corrected chi connectivity index (χ1v) is 9.24. The van der Waals surface area contributed by atoms with Crippen molar-refractivity contribution in [1.29, 1.82) is 5.26 Å². The minimum atomic E-state index is -0.429. The van der Waals surface area contributed by atoms with Crippen molar-refractivity contribution in [3.8, 4) is 6.07 Å². The molecular formula is C22H18FN3O2. The topological polar surface area (TPSA) is 64.4 Å². The molecule has 4 rings (SSSR count). The average molecular weight is 375 g/mol. The van der Waals surface area contributed by atoms with E-state index in [9.17, 15) is 14.0 Å². The molecule has 0 radical (unpaired) electrons. The molecule has 2 aromatic carbocycles. The standard InChI is InChI=1S/C22H18FN3O2/c23-17-8-6-16(7-9-17)19-20(25-12-2-1-3-13-25)22(28)26(21(19)27)18-10-4-15(14-24)5-11-18/h4-11H,1-3,12-13H2. The number of piperidine rings is 1. The Hall–Kier alpha value is -3.46. The lowest BCUT2D eigenvalue weighted by molar-refractivity contribution is -0.120. The monoisotopic (exact) mass is 375 g/mol. The summed E-state index contributed by atoms with van der Waals surface area (Å²) in [6, 6.07) is 14.0. The number of hydrogen-bond donors (Lipinski definition) is 0. The van der Waals surface area contributed by atoms with Gasteiger partial charge >= 0.3 is 0 Å². The molecule has 0 spiro atoms. The number of amides is 2. The van der Waals surface area contributed by atoms with Crippen LogP contribution in [0, 0.1) is 17.1 Å². The Morgan fingerprint density at radius 3 is 2.11 bits per heavy atom. The Bertz CT molecular complexity index is 998. The highest BCUT2D eigenvalue weighted by atomic mass is 19.1. The van der Waals surface area contributed by atoms with Gasteiger partial charge < -0.3 is 4.90 Å². The Balaban J connectivity index is 1.80. The van der Waals surface area contributed by atoms with Gasteiger partial charge in [-0.3, -0.25) is 9.59 Å². The normalized spacial score (nSPS) is 17.3. The number of carbonyl (C=O) groups is 2. The number of rotatable bonds is 3. The van der Waals surface area contributed by atoms with Gasteiger partial charge in [-0.2, -0.15) is 5.26 Å². The molecule has 0 aromatic heterocycles. The molecule has 2 heterocycles. The molecule has 0 N–H and O–H groups in total. The maximum atomic E-state index is 13.4. The largest absolute Gasteiger partial charge is 0.366 e. The molecule has 0 atom stereocenters. The predicted molar refractivity (Wildman–Crippen MR) is 102 cm³/mol. The van der Waals surface area contributed by atoms with Gasteiger partial charge in [-0.1, -0.05) is 12.1 Å². The fourth-order valence-corrected chi connectivity index (χ4v) is 3.73. The summed E-state index contributed by atoms with van der Waals surface area (Å²) in [4.78, 5) is 29.7. The summed E-state index contributed by atoms with van der Waals surface area (Å²) in [6.07, 6.45) is 3.01. The van der Waals surface area contributed by atoms with Crippen molar-refractivity contribution in [2.24, 2.45) is 0 Å². The van der Waals surface area contributed by atoms with Crippen molar-refractivity contribution in [2.75, 3.05) is 18.0 Å². The van der Waals surface area contributed by atoms with Crippen LogP contribution >= 0.6 is 0 Å². The Morgan fingerprint density at radius 1 is 0.857 bits per heavy atom. The van der Waals surface area contributed by atoms with Crippen molar-refractivity contribution < 1.29 is 14.0 Å². The molecule has 0 bridgehead atoms. The van der Waals surface area contributed by atoms with Crippen LogP contribution in [0.4, 0.5) is 10.1 Å². The van der Waals surface area contributed by atoms with Crippen LogP contribution in [0.25, 0.3) is 5.57 Å². The summed E-state index contributed by atoms with van der Waals surface area (Å²) in [5, 5.41) is 8.98. The quantitative estimate of drug-likeness (QED) is 0.771. The number of nitriles is 1. The van der Waals surface area contributed by atoms with E-state index >= 15 is 0 Å². The van der Waals surface area contributed by atoms with Crippen LogP contribution in [0.15, 0.2) is 54.2 Å². The fraction of sp³-hybridized carbons (Fsp3) is 0.227. The van der Waals surface area contributed by atoms with E-state index < -0.39 is 11.7 Å². The van der Waals surface area contributed by atoms with Crippen molar-refractivity contribution in [3.63, 3.8) is 0 Å². The number of likely N-dealkylation sites (tertiary alicyclic amines) is 1. The molecule has 2 aliphatic rings. The van der Waals surface area contributed by atoms with Crippen LogP contribution in [0.3, 0.4) is 0 Å². The van der Waals surface area contributed by atoms with E-state index in [2.05, 4.69) is 0 Å². The molecule has 6 heteroatoms. The van der Waals surface area contributed by atoms with Crippen molar-refractivity contribution in [3.05, 3.63) is 71.2 Å². The predicted octanol–water partition coefficient (Wildman–Crippen LogP) is 3.47. The van der Waals surface area contributed by atoms with E-state index in [1.165, 1.54) is 24.3 Å². The highest BCUT2D eigenvalue weighted by Gasteiger charge is 2.42. The summed E-state index contributed by atoms with van der Waals surface area (Å²) in [6.45, 7) is 1.42. The van der Waals surface area contributed by atoms with Crippen LogP contribution < -0.4 is 4.90 Å². The number of nitrogens with zero attached hydrogens (tertiary/aromatic N) is 3. The van der Waals surface area contributed by atoms with Gasteiger partial charge in [0.05, 0.1) is 22.9 Å². The van der Waals surface area contributed by atoms with E-state index in [-0.39, 0.29) is 5.91 Å². The first-order valence-electron chi connectivity index (χ1n) is 9.24. The summed E-state index contributed by atoms with van der Waals surface area (Å²) in [5.41, 5.74) is 2.07. The molecule has 0 unspecified atom stereocenters. The van der Waals surface area contributed by atoms with Crippen LogP contribution in [-0.4, -0.2) is 29.8 Å². The molecule has 1 fully saturated rings. The van der Waals surface area contributed by atoms with Gasteiger partial charge in [0, 0.05) is 13.1 Å². The zero-order valence-electron chi connectivity index (χ0n) is 15.2. The van der Waals surface area contributed by atoms with Gasteiger partial charge in [-0.25, -0.2) is 9.29 Å². The van der Waals surface area contributed by atoms with E-state index in [4.69, 9.17) is 5.26 Å². The zero-order valence-corrected chi connectivity index (χ0v) is 15.2. The van der Waals surface area contributed by atoms with Gasteiger partial charge in [-0.05, 0) is 61.2 Å². The highest BCUT2D eigenvalue weighted by molar-refractivity contribution is 6.45. The Morgan fingerprint density at radius 2 is 1.50 bits per heavy atom. The molecule has 2 amide bonds. The first kappa shape index (κ1) is 17.9. The van der Waals surface area contributed by atoms with Gasteiger partial charge in [-0.15, -0.1) is 0 Å². The minimum absolute atomic E-state index is 0.302. The second-order valence-electron chi connectivity index (χ2n) is 6.88. The summed E-state index contributed by atoms with van der Waals surface area (Å²) < 4.78 is 13.4. The highest BCUT2D eigenvalue weighted by Crippen LogP contribution is 2.35. The number of benzene rings is 2. The summed E-state index contributed by atoms with van der Waals surface area (Å²) >= 11 is 0. The third-order valence-corrected chi connectivity index (χ3v) is 5.12. The number of carbonyl (C=O) groups excluding carboxylic acids is 2. The fourth-order valence-electron chi connectivity index (χ4n) is 3.73. The zero-order chi connectivity index (χ0) is 19.7. The smallest absolute Gasteiger partial charge is 0.282 e. The van der Waals surface area contributed by atoms with Gasteiger partial charge in [0.15, 0.2) is 0 Å². The Labute approximate surface area is 162 Å². The summed E-state index contributed by atoms with van der Waals surface area (Å²) in [7, 11) is 0. The SMILES string of the molecule is N#Cc1ccc(N2C(=O)C(c3ccc(F)cc3)=C(N3CCCCC3)C2=O)cc1. The number of anilines is 1. The third kappa shape index (κ3) is 3.05. The molecule has 0 aliphatic carbocycles. The third-order valence-electron chi connectivity index (χ3n) is 5.12. The molecule has 5 nitrogen and oxygen atoms in total. The average Bonchev–Trinajstić information content (AvgIpc) is 2.99. The molecular weight excluding hydrogens is 357 g/mol. The minimum Gasteiger partial charge on any atom is -0.366 e. The molecule has 2 aromatic rings. The second kappa shape index (κ2) is 7.28. The molecule has 140 valence electrons. The lowest BCUT2D eigenvalue weighted by atomic mass is 10.0. The molecule has 28 heavy (non-hydrogen) atoms. The second-order valence-corrected chi connectivity index (χ2v) is 6.88. The van der Waals surface area contributed by atoms with Crippen molar-refractivity contribution in [2.45, 2.75) is 19.3 Å². The molecule has 1 saturated heterocycles. The van der Waals surface area contributed by atoms with E-state index in [1.807, 2.05) is 11.0 Å². The maximum Gasteiger partial charge on any atom is 0.282 e. The van der Waals surface area contributed by atoms with E-state index in [1.54, 1.807) is 24.3 Å². The summed E-state index contributed by atoms with van der Waals surface area (Å²) in [5.74, 6) is -1.21. The van der Waals surface area contributed by atoms with Crippen molar-refractivity contribution >= 4 is 23.1 Å². The molecule has 2 aliphatic heterocycles. The van der Waals surface area contributed by atoms with Crippen LogP contribution in [-0.2, 0) is 9.59 Å². The first-order chi connectivity index (χ1) is 13.6. The van der Waals surface area contributed by atoms with Crippen LogP contribution in [0.2, 0.25) is 0 Å². The van der Waals surface area contributed by atoms with Gasteiger partial charge in [0.1, 0.15) is 11.5 Å². The van der Waals surface area contributed by atoms with Crippen LogP contribution in [0.5, 0.6) is 0 Å². The lowest BCUT2D eigenvalue weighted by Gasteiger charge is -2.29. The van der Waals surface area contributed by atoms with E-state index in [0.29, 0.717) is 41.2 Å². The number of halogens is 1. The lowest BCUT2D eigenvalue weighted by Crippen LogP contribution is -2.37. The number of hydrogen-bond acceptors (Lipinski definition) is 4. The Kier molecular flexibility index (Phi) is 4.66. The maximum absolute atomic E-state index is 13.4. The van der Waals surface area contributed by atoms with Gasteiger partial charge in [0.25, 0.3) is 11.8 Å². The number of imide groups is 1. The van der Waals surface area contributed by atoms with Gasteiger partial charge in [0.2, 0.25) is 0 Å². The van der Waals surface area contributed by atoms with E-state index in [0.717, 1.165) is 24.2 Å². The van der Waals surface area contributed by atoms with Crippen molar-refractivity contribution in [1.82, 2.24) is 4.90 Å².